The summed E-state index contributed by atoms with van der Waals surface area (Å²) in [6, 6.07) is 7.21. The molecule has 6 nitrogen and oxygen atoms in total. The van der Waals surface area contributed by atoms with Gasteiger partial charge in [0.1, 0.15) is 29.8 Å². The maximum Gasteiger partial charge on any atom is 0.147 e. The van der Waals surface area contributed by atoms with Gasteiger partial charge in [-0.05, 0) is 93.6 Å². The van der Waals surface area contributed by atoms with Gasteiger partial charge in [-0.3, -0.25) is 9.89 Å². The van der Waals surface area contributed by atoms with Gasteiger partial charge in [0, 0.05) is 37.9 Å². The predicted octanol–water partition coefficient (Wildman–Crippen LogP) is 4.84. The topological polar surface area (TPSA) is 55.8 Å². The Bertz CT molecular complexity index is 1130. The minimum atomic E-state index is -0.472. The van der Waals surface area contributed by atoms with Gasteiger partial charge in [-0.1, -0.05) is 6.07 Å². The molecule has 0 bridgehead atoms. The highest BCUT2D eigenvalue weighted by atomic mass is 19.1. The summed E-state index contributed by atoms with van der Waals surface area (Å²) < 4.78 is 29.3. The lowest BCUT2D eigenvalue weighted by Crippen LogP contribution is -2.59. The van der Waals surface area contributed by atoms with Gasteiger partial charge in [0.05, 0.1) is 5.69 Å². The van der Waals surface area contributed by atoms with Crippen molar-refractivity contribution >= 4 is 17.2 Å². The molecule has 2 fully saturated rings. The van der Waals surface area contributed by atoms with Gasteiger partial charge in [-0.25, -0.2) is 13.8 Å². The lowest BCUT2D eigenvalue weighted by atomic mass is 9.72. The number of fused-ring (bicyclic) bond motifs is 1. The number of likely N-dealkylation sites (tertiary alicyclic amines) is 2. The number of aryl methyl sites for hydroxylation is 1. The lowest BCUT2D eigenvalue weighted by Gasteiger charge is -2.54. The minimum absolute atomic E-state index is 0.142. The molecule has 36 heavy (non-hydrogen) atoms. The van der Waals surface area contributed by atoms with Crippen molar-refractivity contribution in [3.8, 4) is 0 Å². The summed E-state index contributed by atoms with van der Waals surface area (Å²) in [6.07, 6.45) is 7.53. The third-order valence-electron chi connectivity index (χ3n) is 7.74. The van der Waals surface area contributed by atoms with Crippen LogP contribution in [0.5, 0.6) is 0 Å². The van der Waals surface area contributed by atoms with E-state index in [0.29, 0.717) is 22.5 Å². The summed E-state index contributed by atoms with van der Waals surface area (Å²) in [5, 5.41) is 6.24. The first-order chi connectivity index (χ1) is 17.4. The van der Waals surface area contributed by atoms with E-state index in [4.69, 9.17) is 0 Å². The highest BCUT2D eigenvalue weighted by Gasteiger charge is 2.43. The SMILES string of the molecule is C/C=C(/F)C(=NCNc1ccc(CN2CC3(CCN(C)CC3)C2)cn1)c1cc(F)c2c(c1)CCCN2. The van der Waals surface area contributed by atoms with E-state index in [0.717, 1.165) is 31.5 Å². The van der Waals surface area contributed by atoms with Crippen LogP contribution in [0.4, 0.5) is 20.3 Å². The van der Waals surface area contributed by atoms with Crippen molar-refractivity contribution in [3.05, 3.63) is 64.9 Å². The Kier molecular flexibility index (Phi) is 7.34. The second-order valence-electron chi connectivity index (χ2n) is 10.5. The fourth-order valence-electron chi connectivity index (χ4n) is 5.63. The molecule has 0 saturated carbocycles. The molecule has 5 rings (SSSR count). The molecule has 2 N–H and O–H groups in total. The molecule has 0 atom stereocenters. The first kappa shape index (κ1) is 24.8. The highest BCUT2D eigenvalue weighted by Crippen LogP contribution is 2.40. The molecule has 0 aliphatic carbocycles. The Morgan fingerprint density at radius 3 is 2.78 bits per heavy atom. The summed E-state index contributed by atoms with van der Waals surface area (Å²) >= 11 is 0. The number of anilines is 2. The van der Waals surface area contributed by atoms with E-state index in [1.165, 1.54) is 56.7 Å². The smallest absolute Gasteiger partial charge is 0.147 e. The van der Waals surface area contributed by atoms with E-state index in [2.05, 4.69) is 43.5 Å². The fraction of sp³-hybridized carbons (Fsp3) is 0.500. The van der Waals surface area contributed by atoms with Crippen LogP contribution < -0.4 is 10.6 Å². The van der Waals surface area contributed by atoms with E-state index in [-0.39, 0.29) is 18.2 Å². The van der Waals surface area contributed by atoms with Crippen molar-refractivity contribution in [3.63, 3.8) is 0 Å². The monoisotopic (exact) mass is 494 g/mol. The summed E-state index contributed by atoms with van der Waals surface area (Å²) in [5.41, 5.74) is 3.69. The Morgan fingerprint density at radius 2 is 2.06 bits per heavy atom. The van der Waals surface area contributed by atoms with Crippen molar-refractivity contribution in [1.29, 1.82) is 0 Å². The van der Waals surface area contributed by atoms with E-state index in [9.17, 15) is 8.78 Å². The number of hydrogen-bond donors (Lipinski definition) is 2. The number of aliphatic imine (C=N–C) groups is 1. The Morgan fingerprint density at radius 1 is 1.25 bits per heavy atom. The molecular formula is C28H36F2N6. The molecule has 1 aromatic carbocycles. The Balaban J connectivity index is 1.18. The molecule has 1 aromatic heterocycles. The number of aromatic nitrogens is 1. The summed E-state index contributed by atoms with van der Waals surface area (Å²) in [4.78, 5) is 13.9. The normalized spacial score (nSPS) is 20.6. The van der Waals surface area contributed by atoms with Gasteiger partial charge in [0.2, 0.25) is 0 Å². The van der Waals surface area contributed by atoms with E-state index < -0.39 is 5.83 Å². The zero-order valence-electron chi connectivity index (χ0n) is 21.3. The van der Waals surface area contributed by atoms with Gasteiger partial charge in [0.15, 0.2) is 0 Å². The molecule has 3 aliphatic rings. The van der Waals surface area contributed by atoms with Crippen LogP contribution in [-0.2, 0) is 13.0 Å². The summed E-state index contributed by atoms with van der Waals surface area (Å²) in [7, 11) is 2.21. The average molecular weight is 495 g/mol. The van der Waals surface area contributed by atoms with E-state index in [1.807, 2.05) is 18.3 Å². The largest absolute Gasteiger partial charge is 0.382 e. The highest BCUT2D eigenvalue weighted by molar-refractivity contribution is 6.11. The van der Waals surface area contributed by atoms with Crippen molar-refractivity contribution in [1.82, 2.24) is 14.8 Å². The predicted molar refractivity (Wildman–Crippen MR) is 142 cm³/mol. The second-order valence-corrected chi connectivity index (χ2v) is 10.5. The quantitative estimate of drug-likeness (QED) is 0.540. The summed E-state index contributed by atoms with van der Waals surface area (Å²) in [5.74, 6) is -0.160. The second kappa shape index (κ2) is 10.6. The minimum Gasteiger partial charge on any atom is -0.382 e. The number of rotatable bonds is 7. The lowest BCUT2D eigenvalue weighted by molar-refractivity contribution is -0.0471. The zero-order valence-corrected chi connectivity index (χ0v) is 21.3. The standard InChI is InChI=1S/C28H36F2N6/c1-3-23(29)27(22-13-21-5-4-10-31-26(21)24(30)14-22)34-19-33-25-7-6-20(15-32-25)16-36-17-28(18-36)8-11-35(2)12-9-28/h3,6-7,13-15,31H,4-5,8-12,16-19H2,1-2H3,(H,32,33)/b23-3+,34-27?. The molecule has 192 valence electrons. The number of nitrogens with one attached hydrogen (secondary N) is 2. The Labute approximate surface area is 212 Å². The van der Waals surface area contributed by atoms with Crippen LogP contribution in [0, 0.1) is 11.2 Å². The fourth-order valence-corrected chi connectivity index (χ4v) is 5.63. The number of halogens is 2. The van der Waals surface area contributed by atoms with Crippen molar-refractivity contribution in [2.45, 2.75) is 39.2 Å². The number of pyridine rings is 1. The van der Waals surface area contributed by atoms with Crippen LogP contribution in [-0.4, -0.2) is 66.9 Å². The van der Waals surface area contributed by atoms with Crippen LogP contribution in [0.1, 0.15) is 42.9 Å². The maximum absolute atomic E-state index is 14.7. The van der Waals surface area contributed by atoms with Crippen molar-refractivity contribution in [2.24, 2.45) is 10.4 Å². The summed E-state index contributed by atoms with van der Waals surface area (Å²) in [6.45, 7) is 8.18. The van der Waals surface area contributed by atoms with Crippen molar-refractivity contribution in [2.75, 3.05) is 57.1 Å². The third-order valence-corrected chi connectivity index (χ3v) is 7.74. The maximum atomic E-state index is 14.7. The Hall–Kier alpha value is -2.84. The average Bonchev–Trinajstić information content (AvgIpc) is 2.87. The molecule has 4 heterocycles. The van der Waals surface area contributed by atoms with Crippen LogP contribution in [0.2, 0.25) is 0 Å². The third kappa shape index (κ3) is 5.44. The molecule has 2 aromatic rings. The number of nitrogens with zero attached hydrogens (tertiary/aromatic N) is 4. The van der Waals surface area contributed by atoms with Crippen LogP contribution in [0.25, 0.3) is 0 Å². The molecule has 1 spiro atoms. The number of piperidine rings is 1. The molecule has 0 unspecified atom stereocenters. The number of hydrogen-bond acceptors (Lipinski definition) is 6. The number of benzene rings is 1. The molecule has 0 amide bonds. The van der Waals surface area contributed by atoms with E-state index in [1.54, 1.807) is 6.92 Å². The molecule has 3 aliphatic heterocycles. The van der Waals surface area contributed by atoms with Crippen LogP contribution in [0.3, 0.4) is 0 Å². The number of allylic oxidation sites excluding steroid dienone is 2. The van der Waals surface area contributed by atoms with Gasteiger partial charge in [0.25, 0.3) is 0 Å². The van der Waals surface area contributed by atoms with Gasteiger partial charge in [-0.2, -0.15) is 0 Å². The zero-order chi connectivity index (χ0) is 25.1. The van der Waals surface area contributed by atoms with Gasteiger partial charge < -0.3 is 15.5 Å². The molecular weight excluding hydrogens is 458 g/mol. The molecule has 0 radical (unpaired) electrons. The van der Waals surface area contributed by atoms with Gasteiger partial charge >= 0.3 is 0 Å². The van der Waals surface area contributed by atoms with E-state index >= 15 is 0 Å². The molecule has 2 saturated heterocycles. The van der Waals surface area contributed by atoms with Crippen LogP contribution in [0.15, 0.2) is 47.4 Å². The van der Waals surface area contributed by atoms with Gasteiger partial charge in [-0.15, -0.1) is 0 Å². The first-order valence-electron chi connectivity index (χ1n) is 13.0. The van der Waals surface area contributed by atoms with Crippen LogP contribution >= 0.6 is 0 Å². The first-order valence-corrected chi connectivity index (χ1v) is 13.0. The molecule has 8 heteroatoms. The van der Waals surface area contributed by atoms with Crippen molar-refractivity contribution < 1.29 is 8.78 Å².